The van der Waals surface area contributed by atoms with Crippen molar-refractivity contribution >= 4 is 11.6 Å². The molecule has 1 aliphatic heterocycles. The van der Waals surface area contributed by atoms with Crippen LogP contribution in [0.25, 0.3) is 0 Å². The second kappa shape index (κ2) is 4.93. The average Bonchev–Trinajstić information content (AvgIpc) is 2.71. The Kier molecular flexibility index (Phi) is 3.48. The molecule has 0 aliphatic carbocycles. The minimum Gasteiger partial charge on any atom is -0.380 e. The van der Waals surface area contributed by atoms with Crippen molar-refractivity contribution < 1.29 is 4.79 Å². The number of carbonyl (C=O) groups is 1. The third kappa shape index (κ3) is 3.05. The minimum absolute atomic E-state index is 0.127. The molecule has 4 nitrogen and oxygen atoms in total. The van der Waals surface area contributed by atoms with Crippen LogP contribution in [0.5, 0.6) is 0 Å². The van der Waals surface area contributed by atoms with Gasteiger partial charge >= 0.3 is 0 Å². The molecule has 0 bridgehead atoms. The zero-order valence-corrected chi connectivity index (χ0v) is 11.6. The molecule has 1 aromatic rings. The van der Waals surface area contributed by atoms with E-state index >= 15 is 0 Å². The first-order chi connectivity index (χ1) is 8.90. The fourth-order valence-electron chi connectivity index (χ4n) is 2.33. The van der Waals surface area contributed by atoms with Gasteiger partial charge in [0.05, 0.1) is 17.7 Å². The Bertz CT molecular complexity index is 508. The van der Waals surface area contributed by atoms with Crippen LogP contribution < -0.4 is 5.32 Å². The van der Waals surface area contributed by atoms with Gasteiger partial charge in [0, 0.05) is 24.2 Å². The van der Waals surface area contributed by atoms with Gasteiger partial charge in [0.2, 0.25) is 5.91 Å². The number of likely N-dealkylation sites (tertiary alicyclic amines) is 1. The molecule has 1 atom stereocenters. The smallest absolute Gasteiger partial charge is 0.225 e. The van der Waals surface area contributed by atoms with Crippen molar-refractivity contribution in [3.8, 4) is 6.07 Å². The van der Waals surface area contributed by atoms with Gasteiger partial charge in [-0.15, -0.1) is 0 Å². The Labute approximate surface area is 114 Å². The van der Waals surface area contributed by atoms with Crippen LogP contribution in [0.4, 0.5) is 5.69 Å². The summed E-state index contributed by atoms with van der Waals surface area (Å²) >= 11 is 0. The predicted octanol–water partition coefficient (Wildman–Crippen LogP) is 2.37. The molecule has 0 radical (unpaired) electrons. The Hall–Kier alpha value is -2.02. The van der Waals surface area contributed by atoms with E-state index in [0.717, 1.165) is 12.2 Å². The quantitative estimate of drug-likeness (QED) is 0.885. The Balaban J connectivity index is 2.01. The molecular formula is C15H19N3O. The molecule has 2 rings (SSSR count). The summed E-state index contributed by atoms with van der Waals surface area (Å²) in [5, 5.41) is 12.1. The predicted molar refractivity (Wildman–Crippen MR) is 74.7 cm³/mol. The minimum atomic E-state index is -0.127. The molecular weight excluding hydrogens is 238 g/mol. The van der Waals surface area contributed by atoms with Crippen molar-refractivity contribution in [2.24, 2.45) is 0 Å². The van der Waals surface area contributed by atoms with Crippen LogP contribution in [-0.2, 0) is 4.79 Å². The summed E-state index contributed by atoms with van der Waals surface area (Å²) in [6.07, 6.45) is 0.525. The van der Waals surface area contributed by atoms with Crippen molar-refractivity contribution in [3.05, 3.63) is 29.8 Å². The van der Waals surface area contributed by atoms with Crippen LogP contribution in [0.3, 0.4) is 0 Å². The van der Waals surface area contributed by atoms with E-state index in [1.54, 1.807) is 12.1 Å². The number of amides is 1. The fourth-order valence-corrected chi connectivity index (χ4v) is 2.33. The van der Waals surface area contributed by atoms with E-state index in [-0.39, 0.29) is 17.5 Å². The first kappa shape index (κ1) is 13.4. The van der Waals surface area contributed by atoms with Crippen molar-refractivity contribution in [2.45, 2.75) is 38.8 Å². The summed E-state index contributed by atoms with van der Waals surface area (Å²) in [5.41, 5.74) is 1.47. The molecule has 4 heteroatoms. The van der Waals surface area contributed by atoms with Gasteiger partial charge in [-0.3, -0.25) is 4.79 Å². The fraction of sp³-hybridized carbons (Fsp3) is 0.467. The third-order valence-electron chi connectivity index (χ3n) is 3.32. The van der Waals surface area contributed by atoms with Gasteiger partial charge in [-0.05, 0) is 45.0 Å². The van der Waals surface area contributed by atoms with E-state index in [1.165, 1.54) is 0 Å². The highest BCUT2D eigenvalue weighted by Crippen LogP contribution is 2.24. The lowest BCUT2D eigenvalue weighted by Crippen LogP contribution is -2.43. The second-order valence-electron chi connectivity index (χ2n) is 5.91. The molecule has 1 aromatic carbocycles. The normalized spacial score (nSPS) is 19.4. The van der Waals surface area contributed by atoms with Crippen molar-refractivity contribution in [1.82, 2.24) is 4.90 Å². The van der Waals surface area contributed by atoms with Gasteiger partial charge in [0.1, 0.15) is 0 Å². The molecule has 1 aliphatic rings. The number of benzene rings is 1. The summed E-state index contributed by atoms with van der Waals surface area (Å²) in [5.74, 6) is 0.193. The monoisotopic (exact) mass is 257 g/mol. The van der Waals surface area contributed by atoms with Gasteiger partial charge in [0.25, 0.3) is 0 Å². The number of nitriles is 1. The van der Waals surface area contributed by atoms with Gasteiger partial charge in [-0.25, -0.2) is 0 Å². The zero-order chi connectivity index (χ0) is 14.0. The zero-order valence-electron chi connectivity index (χ0n) is 11.6. The summed E-state index contributed by atoms with van der Waals surface area (Å²) in [6.45, 7) is 6.88. The number of hydrogen-bond donors (Lipinski definition) is 1. The van der Waals surface area contributed by atoms with Crippen molar-refractivity contribution in [3.63, 3.8) is 0 Å². The average molecular weight is 257 g/mol. The third-order valence-corrected chi connectivity index (χ3v) is 3.32. The summed E-state index contributed by atoms with van der Waals surface area (Å²) < 4.78 is 0. The highest BCUT2D eigenvalue weighted by molar-refractivity contribution is 5.80. The van der Waals surface area contributed by atoms with Gasteiger partial charge in [-0.1, -0.05) is 0 Å². The number of hydrogen-bond acceptors (Lipinski definition) is 3. The van der Waals surface area contributed by atoms with Crippen molar-refractivity contribution in [1.29, 1.82) is 5.26 Å². The molecule has 1 heterocycles. The maximum absolute atomic E-state index is 12.0. The van der Waals surface area contributed by atoms with Crippen LogP contribution in [0.15, 0.2) is 24.3 Å². The summed E-state index contributed by atoms with van der Waals surface area (Å²) in [6, 6.07) is 9.54. The van der Waals surface area contributed by atoms with E-state index in [1.807, 2.05) is 17.0 Å². The van der Waals surface area contributed by atoms with Crippen LogP contribution >= 0.6 is 0 Å². The molecule has 100 valence electrons. The molecule has 1 unspecified atom stereocenters. The maximum atomic E-state index is 12.0. The largest absolute Gasteiger partial charge is 0.380 e. The first-order valence-electron chi connectivity index (χ1n) is 6.47. The Morgan fingerprint density at radius 3 is 2.42 bits per heavy atom. The highest BCUT2D eigenvalue weighted by atomic mass is 16.2. The lowest BCUT2D eigenvalue weighted by atomic mass is 10.1. The van der Waals surface area contributed by atoms with Crippen molar-refractivity contribution in [2.75, 3.05) is 11.9 Å². The molecule has 0 aromatic heterocycles. The molecule has 1 amide bonds. The van der Waals surface area contributed by atoms with E-state index < -0.39 is 0 Å². The lowest BCUT2D eigenvalue weighted by molar-refractivity contribution is -0.131. The lowest BCUT2D eigenvalue weighted by Gasteiger charge is -2.32. The Morgan fingerprint density at radius 1 is 1.32 bits per heavy atom. The molecule has 1 N–H and O–H groups in total. The van der Waals surface area contributed by atoms with Crippen LogP contribution in [0.1, 0.15) is 32.8 Å². The highest BCUT2D eigenvalue weighted by Gasteiger charge is 2.35. The number of carbonyl (C=O) groups excluding carboxylic acids is 1. The summed E-state index contributed by atoms with van der Waals surface area (Å²) in [4.78, 5) is 13.9. The summed E-state index contributed by atoms with van der Waals surface area (Å²) in [7, 11) is 0. The SMILES string of the molecule is CC(C)(C)N1CC(Nc2ccc(C#N)cc2)CC1=O. The standard InChI is InChI=1S/C15H19N3O/c1-15(2,3)18-10-13(8-14(18)19)17-12-6-4-11(9-16)5-7-12/h4-7,13,17H,8,10H2,1-3H3. The molecule has 1 saturated heterocycles. The van der Waals surface area contributed by atoms with E-state index in [2.05, 4.69) is 32.2 Å². The van der Waals surface area contributed by atoms with E-state index in [9.17, 15) is 4.79 Å². The molecule has 19 heavy (non-hydrogen) atoms. The number of anilines is 1. The number of rotatable bonds is 2. The topological polar surface area (TPSA) is 56.1 Å². The number of nitrogens with zero attached hydrogens (tertiary/aromatic N) is 2. The van der Waals surface area contributed by atoms with Crippen LogP contribution in [-0.4, -0.2) is 28.9 Å². The first-order valence-corrected chi connectivity index (χ1v) is 6.47. The molecule has 0 saturated carbocycles. The van der Waals surface area contributed by atoms with Gasteiger partial charge in [0.15, 0.2) is 0 Å². The maximum Gasteiger partial charge on any atom is 0.225 e. The molecule has 1 fully saturated rings. The van der Waals surface area contributed by atoms with Gasteiger partial charge < -0.3 is 10.2 Å². The van der Waals surface area contributed by atoms with Gasteiger partial charge in [-0.2, -0.15) is 5.26 Å². The molecule has 0 spiro atoms. The Morgan fingerprint density at radius 2 is 1.95 bits per heavy atom. The number of nitrogens with one attached hydrogen (secondary N) is 1. The van der Waals surface area contributed by atoms with Crippen LogP contribution in [0, 0.1) is 11.3 Å². The second-order valence-corrected chi connectivity index (χ2v) is 5.91. The van der Waals surface area contributed by atoms with E-state index in [0.29, 0.717) is 12.0 Å². The van der Waals surface area contributed by atoms with E-state index in [4.69, 9.17) is 5.26 Å². The van der Waals surface area contributed by atoms with Crippen LogP contribution in [0.2, 0.25) is 0 Å².